The second-order valence-corrected chi connectivity index (χ2v) is 5.02. The molecule has 1 aromatic carbocycles. The van der Waals surface area contributed by atoms with E-state index in [1.807, 2.05) is 44.0 Å². The average Bonchev–Trinajstić information content (AvgIpc) is 2.38. The molecule has 18 heavy (non-hydrogen) atoms. The number of hydrogen-bond acceptors (Lipinski definition) is 4. The molecule has 0 aliphatic heterocycles. The van der Waals surface area contributed by atoms with Crippen molar-refractivity contribution in [3.8, 4) is 0 Å². The number of carbonyl (C=O) groups is 1. The van der Waals surface area contributed by atoms with Gasteiger partial charge in [-0.05, 0) is 38.6 Å². The zero-order valence-electron chi connectivity index (χ0n) is 11.4. The van der Waals surface area contributed by atoms with Crippen LogP contribution >= 0.6 is 0 Å². The molecule has 0 spiro atoms. The van der Waals surface area contributed by atoms with Gasteiger partial charge in [0.05, 0.1) is 19.3 Å². The normalized spacial score (nSPS) is 11.7. The Bertz CT molecular complexity index is 415. The van der Waals surface area contributed by atoms with Crippen LogP contribution in [0.25, 0.3) is 0 Å². The van der Waals surface area contributed by atoms with Crippen molar-refractivity contribution in [2.24, 2.45) is 0 Å². The van der Waals surface area contributed by atoms with E-state index in [1.165, 1.54) is 7.11 Å². The van der Waals surface area contributed by atoms with Gasteiger partial charge in [-0.2, -0.15) is 0 Å². The van der Waals surface area contributed by atoms with Crippen molar-refractivity contribution in [2.45, 2.75) is 25.9 Å². The van der Waals surface area contributed by atoms with Crippen molar-refractivity contribution < 1.29 is 14.6 Å². The first-order chi connectivity index (χ1) is 8.40. The standard InChI is InChI=1S/C14H21NO3/c1-14(2,10-16)15(3)9-11-6-5-7-12(8-11)13(17)18-4/h5-8,16H,9-10H2,1-4H3. The topological polar surface area (TPSA) is 49.8 Å². The summed E-state index contributed by atoms with van der Waals surface area (Å²) in [7, 11) is 3.32. The minimum Gasteiger partial charge on any atom is -0.465 e. The number of aliphatic hydroxyl groups is 1. The maximum absolute atomic E-state index is 11.4. The second kappa shape index (κ2) is 5.98. The van der Waals surface area contributed by atoms with Crippen molar-refractivity contribution >= 4 is 5.97 Å². The van der Waals surface area contributed by atoms with E-state index in [0.29, 0.717) is 12.1 Å². The molecule has 0 fully saturated rings. The highest BCUT2D eigenvalue weighted by Crippen LogP contribution is 2.16. The van der Waals surface area contributed by atoms with Crippen LogP contribution in [0.15, 0.2) is 24.3 Å². The molecule has 1 N–H and O–H groups in total. The van der Waals surface area contributed by atoms with E-state index < -0.39 is 0 Å². The van der Waals surface area contributed by atoms with Gasteiger partial charge in [-0.15, -0.1) is 0 Å². The van der Waals surface area contributed by atoms with Crippen LogP contribution in [0.5, 0.6) is 0 Å². The second-order valence-electron chi connectivity index (χ2n) is 5.02. The minimum atomic E-state index is -0.332. The molecule has 0 aliphatic carbocycles. The number of rotatable bonds is 5. The van der Waals surface area contributed by atoms with E-state index in [-0.39, 0.29) is 18.1 Å². The van der Waals surface area contributed by atoms with Crippen LogP contribution in [-0.2, 0) is 11.3 Å². The fraction of sp³-hybridized carbons (Fsp3) is 0.500. The third-order valence-corrected chi connectivity index (χ3v) is 3.19. The Morgan fingerprint density at radius 2 is 2.11 bits per heavy atom. The summed E-state index contributed by atoms with van der Waals surface area (Å²) in [5.74, 6) is -0.332. The number of nitrogens with zero attached hydrogens (tertiary/aromatic N) is 1. The maximum Gasteiger partial charge on any atom is 0.337 e. The molecule has 1 aromatic rings. The molecule has 100 valence electrons. The Hall–Kier alpha value is -1.39. The SMILES string of the molecule is COC(=O)c1cccc(CN(C)C(C)(C)CO)c1. The molecule has 0 saturated carbocycles. The predicted octanol–water partition coefficient (Wildman–Crippen LogP) is 1.68. The number of ether oxygens (including phenoxy) is 1. The summed E-state index contributed by atoms with van der Waals surface area (Å²) < 4.78 is 4.69. The van der Waals surface area contributed by atoms with Crippen LogP contribution in [0.2, 0.25) is 0 Å². The molecule has 0 bridgehead atoms. The smallest absolute Gasteiger partial charge is 0.337 e. The Morgan fingerprint density at radius 3 is 2.67 bits per heavy atom. The Kier molecular flexibility index (Phi) is 4.87. The predicted molar refractivity (Wildman–Crippen MR) is 70.4 cm³/mol. The van der Waals surface area contributed by atoms with Gasteiger partial charge in [0.1, 0.15) is 0 Å². The van der Waals surface area contributed by atoms with Crippen molar-refractivity contribution in [3.05, 3.63) is 35.4 Å². The monoisotopic (exact) mass is 251 g/mol. The summed E-state index contributed by atoms with van der Waals surface area (Å²) in [4.78, 5) is 13.5. The third kappa shape index (κ3) is 3.55. The van der Waals surface area contributed by atoms with Gasteiger partial charge in [-0.1, -0.05) is 12.1 Å². The Balaban J connectivity index is 2.83. The summed E-state index contributed by atoms with van der Waals surface area (Å²) in [5, 5.41) is 9.31. The fourth-order valence-corrected chi connectivity index (χ4v) is 1.52. The van der Waals surface area contributed by atoms with Crippen molar-refractivity contribution in [1.29, 1.82) is 0 Å². The number of carbonyl (C=O) groups excluding carboxylic acids is 1. The number of methoxy groups -OCH3 is 1. The highest BCUT2D eigenvalue weighted by molar-refractivity contribution is 5.89. The molecule has 0 aromatic heterocycles. The molecule has 0 atom stereocenters. The summed E-state index contributed by atoms with van der Waals surface area (Å²) in [6.07, 6.45) is 0. The van der Waals surface area contributed by atoms with Crippen LogP contribution < -0.4 is 0 Å². The largest absolute Gasteiger partial charge is 0.465 e. The summed E-state index contributed by atoms with van der Waals surface area (Å²) in [6, 6.07) is 7.33. The van der Waals surface area contributed by atoms with E-state index in [9.17, 15) is 9.90 Å². The minimum absolute atomic E-state index is 0.0835. The van der Waals surface area contributed by atoms with E-state index in [1.54, 1.807) is 6.07 Å². The van der Waals surface area contributed by atoms with Gasteiger partial charge >= 0.3 is 5.97 Å². The average molecular weight is 251 g/mol. The fourth-order valence-electron chi connectivity index (χ4n) is 1.52. The zero-order valence-corrected chi connectivity index (χ0v) is 11.4. The summed E-state index contributed by atoms with van der Waals surface area (Å²) in [5.41, 5.74) is 1.27. The number of likely N-dealkylation sites (N-methyl/N-ethyl adjacent to an activating group) is 1. The van der Waals surface area contributed by atoms with Crippen molar-refractivity contribution in [2.75, 3.05) is 20.8 Å². The molecule has 0 heterocycles. The first-order valence-electron chi connectivity index (χ1n) is 5.90. The lowest BCUT2D eigenvalue weighted by Crippen LogP contribution is -2.43. The first kappa shape index (κ1) is 14.7. The first-order valence-corrected chi connectivity index (χ1v) is 5.90. The molecule has 0 saturated heterocycles. The van der Waals surface area contributed by atoms with E-state index in [0.717, 1.165) is 5.56 Å². The zero-order chi connectivity index (χ0) is 13.8. The molecule has 1 rings (SSSR count). The molecule has 0 radical (unpaired) electrons. The highest BCUT2D eigenvalue weighted by atomic mass is 16.5. The lowest BCUT2D eigenvalue weighted by atomic mass is 10.0. The molecular formula is C14H21NO3. The van der Waals surface area contributed by atoms with E-state index in [2.05, 4.69) is 0 Å². The lowest BCUT2D eigenvalue weighted by Gasteiger charge is -2.33. The number of hydrogen-bond donors (Lipinski definition) is 1. The van der Waals surface area contributed by atoms with Gasteiger partial charge in [0.25, 0.3) is 0 Å². The van der Waals surface area contributed by atoms with Crippen LogP contribution in [0.3, 0.4) is 0 Å². The summed E-state index contributed by atoms with van der Waals surface area (Å²) >= 11 is 0. The number of benzene rings is 1. The molecule has 0 amide bonds. The van der Waals surface area contributed by atoms with Gasteiger partial charge in [0, 0.05) is 12.1 Å². The van der Waals surface area contributed by atoms with Crippen molar-refractivity contribution in [3.63, 3.8) is 0 Å². The summed E-state index contributed by atoms with van der Waals surface area (Å²) in [6.45, 7) is 4.69. The van der Waals surface area contributed by atoms with Crippen LogP contribution in [-0.4, -0.2) is 42.3 Å². The third-order valence-electron chi connectivity index (χ3n) is 3.19. The van der Waals surface area contributed by atoms with Gasteiger partial charge in [-0.25, -0.2) is 4.79 Å². The Labute approximate surface area is 108 Å². The van der Waals surface area contributed by atoms with Crippen molar-refractivity contribution in [1.82, 2.24) is 4.90 Å². The van der Waals surface area contributed by atoms with Gasteiger partial charge in [0.15, 0.2) is 0 Å². The highest BCUT2D eigenvalue weighted by Gasteiger charge is 2.22. The van der Waals surface area contributed by atoms with E-state index >= 15 is 0 Å². The molecule has 0 unspecified atom stereocenters. The lowest BCUT2D eigenvalue weighted by molar-refractivity contribution is 0.0599. The number of aliphatic hydroxyl groups excluding tert-OH is 1. The maximum atomic E-state index is 11.4. The van der Waals surface area contributed by atoms with Gasteiger partial charge < -0.3 is 9.84 Å². The van der Waals surface area contributed by atoms with E-state index in [4.69, 9.17) is 4.74 Å². The molecular weight excluding hydrogens is 230 g/mol. The molecule has 4 heteroatoms. The quantitative estimate of drug-likeness (QED) is 0.809. The van der Waals surface area contributed by atoms with Crippen LogP contribution in [0.1, 0.15) is 29.8 Å². The van der Waals surface area contributed by atoms with Gasteiger partial charge in [-0.3, -0.25) is 4.90 Å². The molecule has 0 aliphatic rings. The van der Waals surface area contributed by atoms with Gasteiger partial charge in [0.2, 0.25) is 0 Å². The van der Waals surface area contributed by atoms with Crippen LogP contribution in [0, 0.1) is 0 Å². The van der Waals surface area contributed by atoms with Crippen LogP contribution in [0.4, 0.5) is 0 Å². The Morgan fingerprint density at radius 1 is 1.44 bits per heavy atom. The molecule has 4 nitrogen and oxygen atoms in total. The number of esters is 1.